The predicted molar refractivity (Wildman–Crippen MR) is 120 cm³/mol. The summed E-state index contributed by atoms with van der Waals surface area (Å²) in [6, 6.07) is 6.38. The first-order valence-electron chi connectivity index (χ1n) is 11.4. The van der Waals surface area contributed by atoms with Gasteiger partial charge in [-0.3, -0.25) is 4.79 Å². The van der Waals surface area contributed by atoms with Crippen molar-refractivity contribution in [1.82, 2.24) is 9.78 Å². The molecule has 0 radical (unpaired) electrons. The van der Waals surface area contributed by atoms with Gasteiger partial charge in [0, 0.05) is 11.0 Å². The number of aromatic nitrogens is 2. The van der Waals surface area contributed by atoms with Gasteiger partial charge in [-0.2, -0.15) is 5.10 Å². The van der Waals surface area contributed by atoms with Gasteiger partial charge in [0.25, 0.3) is 0 Å². The van der Waals surface area contributed by atoms with Crippen LogP contribution < -0.4 is 0 Å². The topological polar surface area (TPSA) is 81.4 Å². The van der Waals surface area contributed by atoms with E-state index in [9.17, 15) is 14.0 Å². The van der Waals surface area contributed by atoms with Crippen molar-refractivity contribution >= 4 is 17.7 Å². The molecule has 33 heavy (non-hydrogen) atoms. The van der Waals surface area contributed by atoms with Crippen LogP contribution in [0, 0.1) is 30.0 Å². The molecule has 5 rings (SSSR count). The minimum Gasteiger partial charge on any atom is -0.449 e. The average Bonchev–Trinajstić information content (AvgIpc) is 3.09. The molecule has 2 aromatic rings. The SMILES string of the molecule is CC1=C2CCC3C(=CCCC3C(=O)OC(=O)O)C2(C)Cc2c(C)nn(-c3ccc(F)cc3)c21. The molecule has 0 aliphatic heterocycles. The number of carbonyl (C=O) groups excluding carboxylic acids is 1. The van der Waals surface area contributed by atoms with E-state index in [1.54, 1.807) is 12.1 Å². The van der Waals surface area contributed by atoms with Gasteiger partial charge >= 0.3 is 12.1 Å². The molecule has 3 unspecified atom stereocenters. The molecule has 0 amide bonds. The van der Waals surface area contributed by atoms with Crippen molar-refractivity contribution in [2.24, 2.45) is 17.3 Å². The maximum Gasteiger partial charge on any atom is 0.513 e. The number of fused-ring (bicyclic) bond motifs is 4. The molecule has 3 atom stereocenters. The van der Waals surface area contributed by atoms with Crippen LogP contribution in [0.3, 0.4) is 0 Å². The molecule has 1 aromatic heterocycles. The zero-order valence-corrected chi connectivity index (χ0v) is 19.0. The number of aryl methyl sites for hydroxylation is 1. The Hall–Kier alpha value is -3.22. The number of esters is 1. The molecule has 0 spiro atoms. The van der Waals surface area contributed by atoms with E-state index < -0.39 is 18.0 Å². The van der Waals surface area contributed by atoms with Gasteiger partial charge in [-0.05, 0) is 81.7 Å². The zero-order chi connectivity index (χ0) is 23.5. The molecule has 1 fully saturated rings. The van der Waals surface area contributed by atoms with Crippen LogP contribution in [0.1, 0.15) is 56.5 Å². The molecule has 1 heterocycles. The summed E-state index contributed by atoms with van der Waals surface area (Å²) in [4.78, 5) is 23.5. The molecule has 172 valence electrons. The molecule has 6 nitrogen and oxygen atoms in total. The van der Waals surface area contributed by atoms with Crippen LogP contribution in [-0.2, 0) is 16.0 Å². The number of nitrogens with zero attached hydrogens (tertiary/aromatic N) is 2. The van der Waals surface area contributed by atoms with Crippen molar-refractivity contribution in [2.75, 3.05) is 0 Å². The van der Waals surface area contributed by atoms with Crippen LogP contribution in [0.5, 0.6) is 0 Å². The van der Waals surface area contributed by atoms with Crippen LogP contribution in [-0.4, -0.2) is 27.0 Å². The lowest BCUT2D eigenvalue weighted by Gasteiger charge is -2.49. The largest absolute Gasteiger partial charge is 0.513 e. The lowest BCUT2D eigenvalue weighted by atomic mass is 9.54. The Morgan fingerprint density at radius 3 is 2.64 bits per heavy atom. The van der Waals surface area contributed by atoms with E-state index in [2.05, 4.69) is 24.7 Å². The van der Waals surface area contributed by atoms with Crippen LogP contribution in [0.2, 0.25) is 0 Å². The summed E-state index contributed by atoms with van der Waals surface area (Å²) in [7, 11) is 0. The van der Waals surface area contributed by atoms with Gasteiger partial charge < -0.3 is 9.84 Å². The second-order valence-electron chi connectivity index (χ2n) is 9.59. The average molecular weight is 451 g/mol. The molecule has 1 saturated carbocycles. The van der Waals surface area contributed by atoms with Crippen molar-refractivity contribution in [3.63, 3.8) is 0 Å². The molecular weight excluding hydrogens is 423 g/mol. The summed E-state index contributed by atoms with van der Waals surface area (Å²) < 4.78 is 20.0. The third-order valence-electron chi connectivity index (χ3n) is 7.82. The Morgan fingerprint density at radius 2 is 1.94 bits per heavy atom. The molecular formula is C26H27FN2O4. The number of halogens is 1. The molecule has 1 N–H and O–H groups in total. The Labute approximate surface area is 191 Å². The first-order valence-corrected chi connectivity index (χ1v) is 11.4. The summed E-state index contributed by atoms with van der Waals surface area (Å²) in [5.41, 5.74) is 7.50. The van der Waals surface area contributed by atoms with E-state index in [4.69, 9.17) is 10.2 Å². The van der Waals surface area contributed by atoms with Crippen molar-refractivity contribution in [1.29, 1.82) is 0 Å². The zero-order valence-electron chi connectivity index (χ0n) is 19.0. The first kappa shape index (κ1) is 21.6. The molecule has 0 saturated heterocycles. The second kappa shape index (κ2) is 7.68. The first-order chi connectivity index (χ1) is 15.7. The number of hydrogen-bond donors (Lipinski definition) is 1. The number of allylic oxidation sites excluding steroid dienone is 4. The van der Waals surface area contributed by atoms with Crippen LogP contribution >= 0.6 is 0 Å². The highest BCUT2D eigenvalue weighted by Crippen LogP contribution is 2.58. The smallest absolute Gasteiger partial charge is 0.449 e. The lowest BCUT2D eigenvalue weighted by molar-refractivity contribution is -0.146. The highest BCUT2D eigenvalue weighted by Gasteiger charge is 2.50. The van der Waals surface area contributed by atoms with Crippen molar-refractivity contribution in [2.45, 2.75) is 52.9 Å². The van der Waals surface area contributed by atoms with E-state index in [-0.39, 0.29) is 17.2 Å². The van der Waals surface area contributed by atoms with Gasteiger partial charge in [0.2, 0.25) is 0 Å². The predicted octanol–water partition coefficient (Wildman–Crippen LogP) is 5.62. The number of benzene rings is 1. The van der Waals surface area contributed by atoms with Gasteiger partial charge in [-0.25, -0.2) is 13.9 Å². The van der Waals surface area contributed by atoms with Crippen LogP contribution in [0.25, 0.3) is 11.3 Å². The molecule has 0 bridgehead atoms. The fraction of sp³-hybridized carbons (Fsp3) is 0.423. The van der Waals surface area contributed by atoms with E-state index in [0.717, 1.165) is 42.8 Å². The highest BCUT2D eigenvalue weighted by molar-refractivity contribution is 5.84. The van der Waals surface area contributed by atoms with E-state index in [1.807, 2.05) is 11.6 Å². The molecule has 7 heteroatoms. The molecule has 1 aromatic carbocycles. The van der Waals surface area contributed by atoms with E-state index >= 15 is 0 Å². The number of carboxylic acid groups (broad SMARTS) is 1. The Morgan fingerprint density at radius 1 is 1.21 bits per heavy atom. The van der Waals surface area contributed by atoms with Gasteiger partial charge in [0.15, 0.2) is 0 Å². The highest BCUT2D eigenvalue weighted by atomic mass is 19.1. The third kappa shape index (κ3) is 3.33. The van der Waals surface area contributed by atoms with E-state index in [0.29, 0.717) is 6.42 Å². The number of ether oxygens (including phenoxy) is 1. The van der Waals surface area contributed by atoms with Crippen molar-refractivity contribution in [3.05, 3.63) is 64.3 Å². The monoisotopic (exact) mass is 450 g/mol. The van der Waals surface area contributed by atoms with Crippen LogP contribution in [0.15, 0.2) is 41.5 Å². The Kier molecular flexibility index (Phi) is 5.03. The van der Waals surface area contributed by atoms with Crippen molar-refractivity contribution < 1.29 is 23.8 Å². The molecule has 3 aliphatic rings. The minimum absolute atomic E-state index is 0.0128. The quantitative estimate of drug-likeness (QED) is 0.365. The van der Waals surface area contributed by atoms with Gasteiger partial charge in [-0.15, -0.1) is 0 Å². The summed E-state index contributed by atoms with van der Waals surface area (Å²) in [6.45, 7) is 6.38. The number of rotatable bonds is 2. The fourth-order valence-electron chi connectivity index (χ4n) is 6.40. The normalized spacial score (nSPS) is 26.1. The molecule has 3 aliphatic carbocycles. The maximum atomic E-state index is 13.5. The van der Waals surface area contributed by atoms with Gasteiger partial charge in [0.05, 0.1) is 23.0 Å². The number of hydrogen-bond acceptors (Lipinski definition) is 4. The number of carbonyl (C=O) groups is 2. The summed E-state index contributed by atoms with van der Waals surface area (Å²) >= 11 is 0. The standard InChI is InChI=1S/C26H27FN2O4/c1-14-21-12-11-18-19(24(30)33-25(31)32)5-4-6-22(18)26(21,3)13-20-15(2)28-29(23(14)20)17-9-7-16(27)8-10-17/h6-10,18-19H,4-5,11-13H2,1-3H3,(H,31,32). The summed E-state index contributed by atoms with van der Waals surface area (Å²) in [6.07, 6.45) is 4.44. The minimum atomic E-state index is -1.54. The fourth-order valence-corrected chi connectivity index (χ4v) is 6.40. The Bertz CT molecular complexity index is 1220. The third-order valence-corrected chi connectivity index (χ3v) is 7.82. The van der Waals surface area contributed by atoms with Gasteiger partial charge in [0.1, 0.15) is 5.82 Å². The van der Waals surface area contributed by atoms with Crippen molar-refractivity contribution in [3.8, 4) is 5.69 Å². The Balaban J connectivity index is 1.58. The summed E-state index contributed by atoms with van der Waals surface area (Å²) in [5, 5.41) is 13.8. The van der Waals surface area contributed by atoms with Crippen LogP contribution in [0.4, 0.5) is 9.18 Å². The van der Waals surface area contributed by atoms with E-state index in [1.165, 1.54) is 34.4 Å². The summed E-state index contributed by atoms with van der Waals surface area (Å²) in [5.74, 6) is -1.36. The second-order valence-corrected chi connectivity index (χ2v) is 9.59. The lowest BCUT2D eigenvalue weighted by Crippen LogP contribution is -2.42. The maximum absolute atomic E-state index is 13.5. The van der Waals surface area contributed by atoms with Gasteiger partial charge in [-0.1, -0.05) is 24.1 Å².